The van der Waals surface area contributed by atoms with Crippen LogP contribution in [-0.4, -0.2) is 43.2 Å². The maximum atomic E-state index is 12.2. The summed E-state index contributed by atoms with van der Waals surface area (Å²) in [6, 6.07) is -0.170. The summed E-state index contributed by atoms with van der Waals surface area (Å²) in [6.07, 6.45) is 1.67. The van der Waals surface area contributed by atoms with Crippen molar-refractivity contribution in [3.63, 3.8) is 0 Å². The molecule has 0 saturated heterocycles. The minimum absolute atomic E-state index is 0.0464. The van der Waals surface area contributed by atoms with Crippen LogP contribution >= 0.6 is 0 Å². The zero-order valence-electron chi connectivity index (χ0n) is 11.9. The lowest BCUT2D eigenvalue weighted by Crippen LogP contribution is -2.49. The van der Waals surface area contributed by atoms with Crippen LogP contribution in [0.25, 0.3) is 0 Å². The van der Waals surface area contributed by atoms with Crippen LogP contribution in [0.4, 0.5) is 0 Å². The summed E-state index contributed by atoms with van der Waals surface area (Å²) in [5, 5.41) is 0. The van der Waals surface area contributed by atoms with Crippen molar-refractivity contribution in [1.82, 2.24) is 4.90 Å². The second-order valence-electron chi connectivity index (χ2n) is 5.02. The molecule has 0 aliphatic carbocycles. The van der Waals surface area contributed by atoms with Crippen LogP contribution < -0.4 is 5.73 Å². The molecule has 0 aromatic rings. The Labute approximate surface area is 105 Å². The average Bonchev–Trinajstić information content (AvgIpc) is 2.27. The SMILES string of the molecule is CCC(C)N(CCOC)C(=O)[C@H](N)CC(C)C. The van der Waals surface area contributed by atoms with Gasteiger partial charge >= 0.3 is 0 Å². The fraction of sp³-hybridized carbons (Fsp3) is 0.923. The maximum absolute atomic E-state index is 12.2. The molecule has 0 aromatic carbocycles. The van der Waals surface area contributed by atoms with Gasteiger partial charge in [-0.15, -0.1) is 0 Å². The first kappa shape index (κ1) is 16.4. The largest absolute Gasteiger partial charge is 0.383 e. The van der Waals surface area contributed by atoms with Crippen molar-refractivity contribution < 1.29 is 9.53 Å². The Bertz CT molecular complexity index is 219. The van der Waals surface area contributed by atoms with E-state index in [1.807, 2.05) is 4.90 Å². The topological polar surface area (TPSA) is 55.6 Å². The third-order valence-electron chi connectivity index (χ3n) is 2.98. The summed E-state index contributed by atoms with van der Waals surface area (Å²) in [7, 11) is 1.65. The van der Waals surface area contributed by atoms with Crippen LogP contribution in [-0.2, 0) is 9.53 Å². The van der Waals surface area contributed by atoms with Crippen LogP contribution in [0, 0.1) is 5.92 Å². The third-order valence-corrected chi connectivity index (χ3v) is 2.98. The predicted octanol–water partition coefficient (Wildman–Crippen LogP) is 1.63. The molecular formula is C13H28N2O2. The molecule has 2 N–H and O–H groups in total. The van der Waals surface area contributed by atoms with Crippen molar-refractivity contribution in [1.29, 1.82) is 0 Å². The Hall–Kier alpha value is -0.610. The molecule has 17 heavy (non-hydrogen) atoms. The molecule has 0 aliphatic rings. The van der Waals surface area contributed by atoms with Crippen molar-refractivity contribution in [2.75, 3.05) is 20.3 Å². The first-order valence-electron chi connectivity index (χ1n) is 6.48. The summed E-state index contributed by atoms with van der Waals surface area (Å²) in [4.78, 5) is 14.1. The number of hydrogen-bond acceptors (Lipinski definition) is 3. The summed E-state index contributed by atoms with van der Waals surface area (Å²) >= 11 is 0. The van der Waals surface area contributed by atoms with Gasteiger partial charge in [0.15, 0.2) is 0 Å². The summed E-state index contributed by atoms with van der Waals surface area (Å²) in [5.74, 6) is 0.486. The number of ether oxygens (including phenoxy) is 1. The van der Waals surface area contributed by atoms with E-state index in [9.17, 15) is 4.79 Å². The Morgan fingerprint density at radius 3 is 2.35 bits per heavy atom. The van der Waals surface area contributed by atoms with E-state index in [1.165, 1.54) is 0 Å². The van der Waals surface area contributed by atoms with Gasteiger partial charge in [-0.25, -0.2) is 0 Å². The smallest absolute Gasteiger partial charge is 0.239 e. The molecule has 0 heterocycles. The monoisotopic (exact) mass is 244 g/mol. The zero-order chi connectivity index (χ0) is 13.4. The Morgan fingerprint density at radius 2 is 1.94 bits per heavy atom. The number of methoxy groups -OCH3 is 1. The minimum atomic E-state index is -0.388. The van der Waals surface area contributed by atoms with Crippen molar-refractivity contribution in [2.45, 2.75) is 52.6 Å². The molecular weight excluding hydrogens is 216 g/mol. The summed E-state index contributed by atoms with van der Waals surface area (Å²) in [6.45, 7) is 9.47. The highest BCUT2D eigenvalue weighted by Gasteiger charge is 2.24. The van der Waals surface area contributed by atoms with E-state index < -0.39 is 0 Å². The third kappa shape index (κ3) is 6.03. The van der Waals surface area contributed by atoms with Crippen LogP contribution in [0.15, 0.2) is 0 Å². The zero-order valence-corrected chi connectivity index (χ0v) is 11.9. The van der Waals surface area contributed by atoms with Gasteiger partial charge in [0.25, 0.3) is 0 Å². The lowest BCUT2D eigenvalue weighted by molar-refractivity contribution is -0.135. The van der Waals surface area contributed by atoms with Gasteiger partial charge in [0.2, 0.25) is 5.91 Å². The van der Waals surface area contributed by atoms with E-state index in [2.05, 4.69) is 27.7 Å². The minimum Gasteiger partial charge on any atom is -0.383 e. The molecule has 0 radical (unpaired) electrons. The molecule has 1 amide bonds. The van der Waals surface area contributed by atoms with E-state index in [0.717, 1.165) is 12.8 Å². The van der Waals surface area contributed by atoms with Gasteiger partial charge in [0.1, 0.15) is 0 Å². The fourth-order valence-electron chi connectivity index (χ4n) is 1.78. The molecule has 2 atom stereocenters. The number of rotatable bonds is 8. The van der Waals surface area contributed by atoms with E-state index in [4.69, 9.17) is 10.5 Å². The van der Waals surface area contributed by atoms with E-state index >= 15 is 0 Å². The van der Waals surface area contributed by atoms with Crippen LogP contribution in [0.5, 0.6) is 0 Å². The Balaban J connectivity index is 4.50. The highest BCUT2D eigenvalue weighted by Crippen LogP contribution is 2.10. The lowest BCUT2D eigenvalue weighted by atomic mass is 10.0. The van der Waals surface area contributed by atoms with Gasteiger partial charge in [0.05, 0.1) is 12.6 Å². The van der Waals surface area contributed by atoms with E-state index in [1.54, 1.807) is 7.11 Å². The second-order valence-corrected chi connectivity index (χ2v) is 5.02. The maximum Gasteiger partial charge on any atom is 0.239 e. The molecule has 0 bridgehead atoms. The van der Waals surface area contributed by atoms with Gasteiger partial charge in [-0.2, -0.15) is 0 Å². The first-order valence-corrected chi connectivity index (χ1v) is 6.48. The molecule has 102 valence electrons. The number of nitrogens with zero attached hydrogens (tertiary/aromatic N) is 1. The number of carbonyl (C=O) groups is 1. The van der Waals surface area contributed by atoms with Crippen molar-refractivity contribution in [3.05, 3.63) is 0 Å². The first-order chi connectivity index (χ1) is 7.93. The van der Waals surface area contributed by atoms with Crippen LogP contribution in [0.1, 0.15) is 40.5 Å². The number of amides is 1. The molecule has 0 fully saturated rings. The van der Waals surface area contributed by atoms with Gasteiger partial charge in [-0.05, 0) is 25.7 Å². The molecule has 0 aliphatic heterocycles. The number of hydrogen-bond donors (Lipinski definition) is 1. The highest BCUT2D eigenvalue weighted by atomic mass is 16.5. The standard InChI is InChI=1S/C13H28N2O2/c1-6-11(4)15(7-8-17-5)13(16)12(14)9-10(2)3/h10-12H,6-9,14H2,1-5H3/t11?,12-/m1/s1. The molecule has 0 aromatic heterocycles. The van der Waals surface area contributed by atoms with Crippen LogP contribution in [0.3, 0.4) is 0 Å². The quantitative estimate of drug-likeness (QED) is 0.706. The summed E-state index contributed by atoms with van der Waals surface area (Å²) < 4.78 is 5.04. The number of carbonyl (C=O) groups excluding carboxylic acids is 1. The average molecular weight is 244 g/mol. The highest BCUT2D eigenvalue weighted by molar-refractivity contribution is 5.81. The Morgan fingerprint density at radius 1 is 1.35 bits per heavy atom. The van der Waals surface area contributed by atoms with Crippen molar-refractivity contribution >= 4 is 5.91 Å². The molecule has 4 heteroatoms. The van der Waals surface area contributed by atoms with Gasteiger partial charge in [-0.1, -0.05) is 20.8 Å². The van der Waals surface area contributed by atoms with E-state index in [0.29, 0.717) is 19.1 Å². The Kier molecular flexibility index (Phi) is 8.17. The molecule has 0 rings (SSSR count). The molecule has 4 nitrogen and oxygen atoms in total. The van der Waals surface area contributed by atoms with Gasteiger partial charge < -0.3 is 15.4 Å². The van der Waals surface area contributed by atoms with Gasteiger partial charge in [-0.3, -0.25) is 4.79 Å². The lowest BCUT2D eigenvalue weighted by Gasteiger charge is -2.31. The normalized spacial score (nSPS) is 14.8. The van der Waals surface area contributed by atoms with Crippen molar-refractivity contribution in [2.24, 2.45) is 11.7 Å². The second kappa shape index (κ2) is 8.48. The van der Waals surface area contributed by atoms with Crippen molar-refractivity contribution in [3.8, 4) is 0 Å². The van der Waals surface area contributed by atoms with E-state index in [-0.39, 0.29) is 18.0 Å². The molecule has 0 saturated carbocycles. The van der Waals surface area contributed by atoms with Crippen LogP contribution in [0.2, 0.25) is 0 Å². The molecule has 0 spiro atoms. The van der Waals surface area contributed by atoms with Gasteiger partial charge in [0, 0.05) is 19.7 Å². The molecule has 1 unspecified atom stereocenters. The number of nitrogens with two attached hydrogens (primary N) is 1. The fourth-order valence-corrected chi connectivity index (χ4v) is 1.78. The predicted molar refractivity (Wildman–Crippen MR) is 70.8 cm³/mol. The summed E-state index contributed by atoms with van der Waals surface area (Å²) in [5.41, 5.74) is 5.95.